The van der Waals surface area contributed by atoms with Crippen molar-refractivity contribution in [3.8, 4) is 0 Å². The normalized spacial score (nSPS) is 12.6. The van der Waals surface area contributed by atoms with Gasteiger partial charge in [-0.15, -0.1) is 0 Å². The van der Waals surface area contributed by atoms with Crippen molar-refractivity contribution in [2.45, 2.75) is 60.8 Å². The van der Waals surface area contributed by atoms with Gasteiger partial charge in [-0.25, -0.2) is 0 Å². The molecule has 4 heteroatoms. The first-order valence-corrected chi connectivity index (χ1v) is 14.1. The number of allylic oxidation sites excluding steroid dienone is 4. The third kappa shape index (κ3) is 8.40. The van der Waals surface area contributed by atoms with Gasteiger partial charge in [0.15, 0.2) is 0 Å². The summed E-state index contributed by atoms with van der Waals surface area (Å²) < 4.78 is 0. The fraction of sp³-hybridized carbons (Fsp3) is 0.297. The van der Waals surface area contributed by atoms with Crippen molar-refractivity contribution in [2.75, 3.05) is 11.4 Å². The van der Waals surface area contributed by atoms with E-state index in [2.05, 4.69) is 88.7 Å². The van der Waals surface area contributed by atoms with Crippen LogP contribution in [-0.4, -0.2) is 18.7 Å². The summed E-state index contributed by atoms with van der Waals surface area (Å²) in [7, 11) is 0. The van der Waals surface area contributed by atoms with Crippen molar-refractivity contribution in [2.24, 2.45) is 5.41 Å². The summed E-state index contributed by atoms with van der Waals surface area (Å²) in [6, 6.07) is 23.8. The second-order valence-electron chi connectivity index (χ2n) is 12.7. The Kier molecular flexibility index (Phi) is 9.93. The second kappa shape index (κ2) is 13.0. The van der Waals surface area contributed by atoms with Crippen LogP contribution in [0.3, 0.4) is 0 Å². The topological polar surface area (TPSA) is 49.4 Å². The largest absolute Gasteiger partial charge is 0.352 e. The van der Waals surface area contributed by atoms with E-state index in [1.807, 2.05) is 68.4 Å². The van der Waals surface area contributed by atoms with Crippen LogP contribution in [0.1, 0.15) is 87.2 Å². The number of hydrogen-bond donors (Lipinski definition) is 1. The lowest BCUT2D eigenvalue weighted by Crippen LogP contribution is -2.32. The highest BCUT2D eigenvalue weighted by Crippen LogP contribution is 2.36. The zero-order valence-corrected chi connectivity index (χ0v) is 25.8. The number of nitrogens with one attached hydrogen (secondary N) is 1. The number of rotatable bonds is 9. The highest BCUT2D eigenvalue weighted by molar-refractivity contribution is 5.95. The van der Waals surface area contributed by atoms with Crippen molar-refractivity contribution in [3.05, 3.63) is 125 Å². The number of carbonyl (C=O) groups is 2. The van der Waals surface area contributed by atoms with Gasteiger partial charge in [-0.3, -0.25) is 9.59 Å². The van der Waals surface area contributed by atoms with Gasteiger partial charge >= 0.3 is 0 Å². The van der Waals surface area contributed by atoms with Crippen molar-refractivity contribution in [1.29, 1.82) is 0 Å². The quantitative estimate of drug-likeness (QED) is 0.214. The molecule has 0 aromatic heterocycles. The lowest BCUT2D eigenvalue weighted by molar-refractivity contribution is 0.0939. The molecule has 1 N–H and O–H groups in total. The van der Waals surface area contributed by atoms with Crippen LogP contribution < -0.4 is 10.2 Å². The highest BCUT2D eigenvalue weighted by Gasteiger charge is 2.20. The average Bonchev–Trinajstić information content (AvgIpc) is 2.93. The Hall–Kier alpha value is -4.18. The van der Waals surface area contributed by atoms with E-state index in [1.54, 1.807) is 0 Å². The fourth-order valence-corrected chi connectivity index (χ4v) is 4.42. The average molecular weight is 549 g/mol. The van der Waals surface area contributed by atoms with Crippen LogP contribution >= 0.6 is 0 Å². The molecule has 3 aromatic rings. The van der Waals surface area contributed by atoms with Crippen molar-refractivity contribution < 1.29 is 9.59 Å². The van der Waals surface area contributed by atoms with Gasteiger partial charge < -0.3 is 10.2 Å². The number of carbonyl (C=O) groups excluding carboxylic acids is 2. The van der Waals surface area contributed by atoms with E-state index in [-0.39, 0.29) is 16.7 Å². The summed E-state index contributed by atoms with van der Waals surface area (Å²) >= 11 is 0. The molecule has 0 bridgehead atoms. The van der Waals surface area contributed by atoms with E-state index < -0.39 is 0 Å². The summed E-state index contributed by atoms with van der Waals surface area (Å²) in [6.45, 7) is 21.6. The maximum Gasteiger partial charge on any atom is 0.251 e. The molecule has 214 valence electrons. The third-order valence-corrected chi connectivity index (χ3v) is 6.76. The summed E-state index contributed by atoms with van der Waals surface area (Å²) in [5, 5.41) is 3.02. The van der Waals surface area contributed by atoms with Crippen LogP contribution in [0.4, 0.5) is 11.4 Å². The van der Waals surface area contributed by atoms with Gasteiger partial charge in [0.1, 0.15) is 6.29 Å². The Balaban J connectivity index is 2.10. The summed E-state index contributed by atoms with van der Waals surface area (Å²) in [4.78, 5) is 26.8. The molecular formula is C37H44N2O2. The van der Waals surface area contributed by atoms with Crippen LogP contribution in [0.15, 0.2) is 103 Å². The zero-order valence-electron chi connectivity index (χ0n) is 25.8. The van der Waals surface area contributed by atoms with Gasteiger partial charge in [0, 0.05) is 34.7 Å². The molecule has 0 atom stereocenters. The minimum atomic E-state index is -0.133. The monoisotopic (exact) mass is 548 g/mol. The number of benzene rings is 3. The molecule has 0 spiro atoms. The minimum Gasteiger partial charge on any atom is -0.352 e. The summed E-state index contributed by atoms with van der Waals surface area (Å²) in [5.41, 5.74) is 7.86. The van der Waals surface area contributed by atoms with E-state index in [1.165, 1.54) is 0 Å². The first-order chi connectivity index (χ1) is 19.2. The number of nitrogens with zero attached hydrogens (tertiary/aromatic N) is 1. The second-order valence-corrected chi connectivity index (χ2v) is 12.7. The number of amides is 1. The fourth-order valence-electron chi connectivity index (χ4n) is 4.42. The van der Waals surface area contributed by atoms with Gasteiger partial charge in [-0.2, -0.15) is 0 Å². The molecule has 0 fully saturated rings. The maximum atomic E-state index is 12.7. The number of aldehydes is 1. The predicted octanol–water partition coefficient (Wildman–Crippen LogP) is 9.27. The van der Waals surface area contributed by atoms with Crippen molar-refractivity contribution in [3.63, 3.8) is 0 Å². The van der Waals surface area contributed by atoms with E-state index in [0.717, 1.165) is 45.6 Å². The Bertz CT molecular complexity index is 1450. The molecule has 3 aromatic carbocycles. The van der Waals surface area contributed by atoms with Crippen LogP contribution in [0.2, 0.25) is 0 Å². The van der Waals surface area contributed by atoms with Crippen LogP contribution in [0.25, 0.3) is 5.57 Å². The van der Waals surface area contributed by atoms with Gasteiger partial charge in [0.2, 0.25) is 0 Å². The Morgan fingerprint density at radius 1 is 0.878 bits per heavy atom. The summed E-state index contributed by atoms with van der Waals surface area (Å²) in [6.07, 6.45) is 5.09. The molecule has 41 heavy (non-hydrogen) atoms. The SMILES string of the molecule is C=C(C)/C(=C\C(=C/C)N(c1ccccc1)c1cc(C=O)cc(C(C)(C)C)c1)c1ccc(C(=O)NCC(C)(C)C)cc1. The number of anilines is 2. The van der Waals surface area contributed by atoms with Crippen molar-refractivity contribution in [1.82, 2.24) is 5.32 Å². The predicted molar refractivity (Wildman–Crippen MR) is 174 cm³/mol. The van der Waals surface area contributed by atoms with E-state index in [9.17, 15) is 9.59 Å². The molecule has 0 unspecified atom stereocenters. The molecule has 0 aliphatic carbocycles. The maximum absolute atomic E-state index is 12.7. The highest BCUT2D eigenvalue weighted by atomic mass is 16.1. The molecular weight excluding hydrogens is 504 g/mol. The zero-order chi connectivity index (χ0) is 30.4. The smallest absolute Gasteiger partial charge is 0.251 e. The molecule has 1 amide bonds. The molecule has 0 aliphatic heterocycles. The molecule has 0 aliphatic rings. The first-order valence-electron chi connectivity index (χ1n) is 14.1. The standard InChI is InChI=1S/C37H44N2O2/c1-10-31(23-34(26(2)3)28-16-18-29(19-17-28)35(41)38-25-36(4,5)6)39(32-14-12-11-13-15-32)33-21-27(24-40)20-30(22-33)37(7,8)9/h10-24H,2,25H2,1,3-9H3,(H,38,41)/b31-10+,34-23+. The molecule has 4 nitrogen and oxygen atoms in total. The van der Waals surface area contributed by atoms with E-state index >= 15 is 0 Å². The summed E-state index contributed by atoms with van der Waals surface area (Å²) in [5.74, 6) is -0.0820. The van der Waals surface area contributed by atoms with E-state index in [0.29, 0.717) is 17.7 Å². The van der Waals surface area contributed by atoms with Gasteiger partial charge in [-0.1, -0.05) is 90.1 Å². The molecule has 0 saturated carbocycles. The molecule has 0 saturated heterocycles. The van der Waals surface area contributed by atoms with E-state index in [4.69, 9.17) is 0 Å². The van der Waals surface area contributed by atoms with Gasteiger partial charge in [0.05, 0.1) is 0 Å². The number of para-hydroxylation sites is 1. The van der Waals surface area contributed by atoms with Crippen LogP contribution in [0.5, 0.6) is 0 Å². The lowest BCUT2D eigenvalue weighted by Gasteiger charge is -2.29. The first kappa shape index (κ1) is 31.3. The Morgan fingerprint density at radius 2 is 1.49 bits per heavy atom. The van der Waals surface area contributed by atoms with Gasteiger partial charge in [0.25, 0.3) is 5.91 Å². The molecule has 0 heterocycles. The number of hydrogen-bond acceptors (Lipinski definition) is 3. The van der Waals surface area contributed by atoms with Gasteiger partial charge in [-0.05, 0) is 89.9 Å². The van der Waals surface area contributed by atoms with Crippen LogP contribution in [0, 0.1) is 5.41 Å². The van der Waals surface area contributed by atoms with Crippen LogP contribution in [-0.2, 0) is 5.41 Å². The molecule has 0 radical (unpaired) electrons. The van der Waals surface area contributed by atoms with Crippen molar-refractivity contribution >= 4 is 29.1 Å². The minimum absolute atomic E-state index is 0.0118. The third-order valence-electron chi connectivity index (χ3n) is 6.76. The Morgan fingerprint density at radius 3 is 2.00 bits per heavy atom. The Labute approximate surface area is 246 Å². The lowest BCUT2D eigenvalue weighted by atomic mass is 9.85. The molecule has 3 rings (SSSR count).